The maximum atomic E-state index is 12.9. The molecule has 0 radical (unpaired) electrons. The minimum Gasteiger partial charge on any atom is -0.486 e. The van der Waals surface area contributed by atoms with Gasteiger partial charge in [-0.05, 0) is 44.1 Å². The number of benzene rings is 1. The van der Waals surface area contributed by atoms with E-state index in [1.54, 1.807) is 7.11 Å². The van der Waals surface area contributed by atoms with Gasteiger partial charge in [-0.2, -0.15) is 0 Å². The molecule has 1 amide bonds. The van der Waals surface area contributed by atoms with Crippen LogP contribution in [0.5, 0.6) is 11.5 Å². The van der Waals surface area contributed by atoms with Crippen molar-refractivity contribution in [1.29, 1.82) is 0 Å². The molecule has 3 heterocycles. The van der Waals surface area contributed by atoms with Crippen LogP contribution in [0.1, 0.15) is 12.8 Å². The summed E-state index contributed by atoms with van der Waals surface area (Å²) in [5.41, 5.74) is 1.24. The highest BCUT2D eigenvalue weighted by atomic mass is 35.5. The maximum absolute atomic E-state index is 12.9. The van der Waals surface area contributed by atoms with Gasteiger partial charge in [-0.25, -0.2) is 4.98 Å². The molecule has 2 aliphatic heterocycles. The second-order valence-electron chi connectivity index (χ2n) is 6.81. The molecule has 2 N–H and O–H groups in total. The summed E-state index contributed by atoms with van der Waals surface area (Å²) in [6, 6.07) is 5.77. The van der Waals surface area contributed by atoms with Gasteiger partial charge in [0.25, 0.3) is 0 Å². The van der Waals surface area contributed by atoms with Crippen LogP contribution in [0.2, 0.25) is 0 Å². The summed E-state index contributed by atoms with van der Waals surface area (Å²) in [6.07, 6.45) is 1.51. The van der Waals surface area contributed by atoms with Gasteiger partial charge >= 0.3 is 0 Å². The van der Waals surface area contributed by atoms with Gasteiger partial charge in [-0.3, -0.25) is 4.79 Å². The van der Waals surface area contributed by atoms with Crippen LogP contribution in [-0.4, -0.2) is 50.9 Å². The van der Waals surface area contributed by atoms with Crippen LogP contribution >= 0.6 is 23.7 Å². The molecule has 1 fully saturated rings. The second kappa shape index (κ2) is 9.09. The molecule has 0 aliphatic carbocycles. The van der Waals surface area contributed by atoms with Crippen LogP contribution in [0, 0.1) is 5.41 Å². The Kier molecular flexibility index (Phi) is 6.77. The zero-order valence-corrected chi connectivity index (χ0v) is 17.3. The average molecular weight is 426 g/mol. The first-order chi connectivity index (χ1) is 13.2. The van der Waals surface area contributed by atoms with E-state index in [4.69, 9.17) is 14.2 Å². The molecule has 4 rings (SSSR count). The first kappa shape index (κ1) is 20.9. The molecule has 0 unspecified atom stereocenters. The number of thiazole rings is 1. The number of rotatable bonds is 5. The first-order valence-electron chi connectivity index (χ1n) is 9.07. The predicted molar refractivity (Wildman–Crippen MR) is 111 cm³/mol. The van der Waals surface area contributed by atoms with Crippen molar-refractivity contribution in [2.45, 2.75) is 12.8 Å². The lowest BCUT2D eigenvalue weighted by Gasteiger charge is -2.35. The Bertz CT molecular complexity index is 818. The normalized spacial score (nSPS) is 17.5. The monoisotopic (exact) mass is 425 g/mol. The topological polar surface area (TPSA) is 81.7 Å². The molecule has 9 heteroatoms. The number of hydrogen-bond acceptors (Lipinski definition) is 7. The Balaban J connectivity index is 0.00000225. The molecular formula is C19H24ClN3O4S. The number of methoxy groups -OCH3 is 1. The minimum atomic E-state index is -0.497. The van der Waals surface area contributed by atoms with Crippen molar-refractivity contribution in [1.82, 2.24) is 10.3 Å². The standard InChI is InChI=1S/C19H23N3O4S.ClH/c1-24-12-19(4-6-20-7-5-19)17(23)22-18-21-14(11-27-18)13-2-3-15-16(10-13)26-9-8-25-15;/h2-3,10-11,20H,4-9,12H2,1H3,(H,21,22,23);1H. The zero-order valence-electron chi connectivity index (χ0n) is 15.7. The molecule has 2 aromatic rings. The summed E-state index contributed by atoms with van der Waals surface area (Å²) in [5.74, 6) is 1.46. The van der Waals surface area contributed by atoms with Crippen molar-refractivity contribution in [3.63, 3.8) is 0 Å². The van der Waals surface area contributed by atoms with Crippen LogP contribution in [0.3, 0.4) is 0 Å². The van der Waals surface area contributed by atoms with E-state index >= 15 is 0 Å². The number of amides is 1. The number of halogens is 1. The fourth-order valence-corrected chi connectivity index (χ4v) is 4.23. The Morgan fingerprint density at radius 2 is 2.04 bits per heavy atom. The summed E-state index contributed by atoms with van der Waals surface area (Å²) in [5, 5.41) is 8.82. The lowest BCUT2D eigenvalue weighted by atomic mass is 9.79. The smallest absolute Gasteiger partial charge is 0.234 e. The third kappa shape index (κ3) is 4.25. The molecule has 0 spiro atoms. The predicted octanol–water partition coefficient (Wildman–Crippen LogP) is 2.96. The van der Waals surface area contributed by atoms with Gasteiger partial charge in [0.1, 0.15) is 13.2 Å². The minimum absolute atomic E-state index is 0. The van der Waals surface area contributed by atoms with E-state index in [9.17, 15) is 4.79 Å². The SMILES string of the molecule is COCC1(C(=O)Nc2nc(-c3ccc4c(c3)OCCO4)cs2)CCNCC1.Cl. The number of nitrogens with zero attached hydrogens (tertiary/aromatic N) is 1. The molecule has 152 valence electrons. The highest BCUT2D eigenvalue weighted by molar-refractivity contribution is 7.14. The van der Waals surface area contributed by atoms with Gasteiger partial charge in [0.05, 0.1) is 17.7 Å². The second-order valence-corrected chi connectivity index (χ2v) is 7.67. The lowest BCUT2D eigenvalue weighted by Crippen LogP contribution is -2.47. The van der Waals surface area contributed by atoms with Crippen LogP contribution in [0.25, 0.3) is 11.3 Å². The quantitative estimate of drug-likeness (QED) is 0.766. The molecule has 0 bridgehead atoms. The molecule has 28 heavy (non-hydrogen) atoms. The highest BCUT2D eigenvalue weighted by Crippen LogP contribution is 2.36. The summed E-state index contributed by atoms with van der Waals surface area (Å²) >= 11 is 1.42. The molecule has 0 saturated carbocycles. The van der Waals surface area contributed by atoms with Crippen LogP contribution in [-0.2, 0) is 9.53 Å². The van der Waals surface area contributed by atoms with Crippen LogP contribution in [0.15, 0.2) is 23.6 Å². The van der Waals surface area contributed by atoms with Crippen molar-refractivity contribution in [3.8, 4) is 22.8 Å². The third-order valence-electron chi connectivity index (χ3n) is 5.03. The van der Waals surface area contributed by atoms with Crippen molar-refractivity contribution < 1.29 is 19.0 Å². The van der Waals surface area contributed by atoms with E-state index in [0.29, 0.717) is 25.0 Å². The molecule has 1 aromatic heterocycles. The molecule has 1 saturated heterocycles. The largest absolute Gasteiger partial charge is 0.486 e. The molecule has 1 aromatic carbocycles. The maximum Gasteiger partial charge on any atom is 0.234 e. The average Bonchev–Trinajstić information content (AvgIpc) is 3.17. The number of hydrogen-bond donors (Lipinski definition) is 2. The van der Waals surface area contributed by atoms with Crippen molar-refractivity contribution in [2.24, 2.45) is 5.41 Å². The van der Waals surface area contributed by atoms with Gasteiger partial charge in [-0.1, -0.05) is 0 Å². The van der Waals surface area contributed by atoms with Gasteiger partial charge in [0, 0.05) is 18.1 Å². The number of carbonyl (C=O) groups excluding carboxylic acids is 1. The molecule has 0 atom stereocenters. The summed E-state index contributed by atoms with van der Waals surface area (Å²) in [4.78, 5) is 17.5. The number of ether oxygens (including phenoxy) is 3. The number of anilines is 1. The number of piperidine rings is 1. The van der Waals surface area contributed by atoms with Gasteiger partial charge in [0.2, 0.25) is 5.91 Å². The van der Waals surface area contributed by atoms with E-state index in [1.165, 1.54) is 11.3 Å². The van der Waals surface area contributed by atoms with Gasteiger partial charge < -0.3 is 24.8 Å². The van der Waals surface area contributed by atoms with Crippen LogP contribution < -0.4 is 20.1 Å². The van der Waals surface area contributed by atoms with E-state index in [0.717, 1.165) is 48.7 Å². The lowest BCUT2D eigenvalue weighted by molar-refractivity contribution is -0.130. The summed E-state index contributed by atoms with van der Waals surface area (Å²) in [6.45, 7) is 3.17. The van der Waals surface area contributed by atoms with Crippen molar-refractivity contribution >= 4 is 34.8 Å². The Morgan fingerprint density at radius 3 is 2.79 bits per heavy atom. The fraction of sp³-hybridized carbons (Fsp3) is 0.474. The van der Waals surface area contributed by atoms with E-state index < -0.39 is 5.41 Å². The molecule has 2 aliphatic rings. The van der Waals surface area contributed by atoms with E-state index in [1.807, 2.05) is 23.6 Å². The summed E-state index contributed by atoms with van der Waals surface area (Å²) in [7, 11) is 1.64. The molecule has 7 nitrogen and oxygen atoms in total. The summed E-state index contributed by atoms with van der Waals surface area (Å²) < 4.78 is 16.5. The number of aromatic nitrogens is 1. The van der Waals surface area contributed by atoms with Crippen molar-refractivity contribution in [2.75, 3.05) is 45.3 Å². The van der Waals surface area contributed by atoms with E-state index in [2.05, 4.69) is 15.6 Å². The van der Waals surface area contributed by atoms with Crippen molar-refractivity contribution in [3.05, 3.63) is 23.6 Å². The first-order valence-corrected chi connectivity index (χ1v) is 9.95. The Labute approximate surface area is 174 Å². The highest BCUT2D eigenvalue weighted by Gasteiger charge is 2.40. The fourth-order valence-electron chi connectivity index (χ4n) is 3.51. The number of carbonyl (C=O) groups is 1. The van der Waals surface area contributed by atoms with E-state index in [-0.39, 0.29) is 18.3 Å². The molecular weight excluding hydrogens is 402 g/mol. The number of nitrogens with one attached hydrogen (secondary N) is 2. The Hall–Kier alpha value is -1.87. The zero-order chi connectivity index (χ0) is 18.7. The number of fused-ring (bicyclic) bond motifs is 1. The van der Waals surface area contributed by atoms with Gasteiger partial charge in [0.15, 0.2) is 16.6 Å². The Morgan fingerprint density at radius 1 is 1.29 bits per heavy atom. The van der Waals surface area contributed by atoms with Crippen LogP contribution in [0.4, 0.5) is 5.13 Å². The third-order valence-corrected chi connectivity index (χ3v) is 5.78. The van der Waals surface area contributed by atoms with Gasteiger partial charge in [-0.15, -0.1) is 23.7 Å².